The number of nitro benzene ring substituents is 1. The topological polar surface area (TPSA) is 91.1 Å². The molecule has 0 fully saturated rings. The Hall–Kier alpha value is -3.59. The number of aryl methyl sites for hydroxylation is 1. The fraction of sp³-hybridized carbons (Fsp3) is 0.227. The molecule has 0 saturated carbocycles. The molecule has 1 aliphatic rings. The summed E-state index contributed by atoms with van der Waals surface area (Å²) in [6.07, 6.45) is 0. The third kappa shape index (κ3) is 4.77. The quantitative estimate of drug-likeness (QED) is 0.401. The summed E-state index contributed by atoms with van der Waals surface area (Å²) in [4.78, 5) is 26.5. The van der Waals surface area contributed by atoms with Crippen molar-refractivity contribution in [3.05, 3.63) is 74.5 Å². The van der Waals surface area contributed by atoms with Crippen LogP contribution in [0.2, 0.25) is 0 Å². The first-order valence-electron chi connectivity index (χ1n) is 9.61. The number of benzene rings is 2. The van der Waals surface area contributed by atoms with Crippen LogP contribution < -0.4 is 19.1 Å². The van der Waals surface area contributed by atoms with E-state index in [2.05, 4.69) is 0 Å². The maximum atomic E-state index is 13.1. The number of ether oxygens (including phenoxy) is 3. The molecule has 8 nitrogen and oxygen atoms in total. The molecule has 0 N–H and O–H groups in total. The van der Waals surface area contributed by atoms with Crippen LogP contribution in [0.15, 0.2) is 53.9 Å². The molecule has 0 radical (unpaired) electrons. The molecule has 0 aliphatic carbocycles. The lowest BCUT2D eigenvalue weighted by atomic mass is 10.2. The normalized spacial score (nSPS) is 12.3. The zero-order valence-corrected chi connectivity index (χ0v) is 17.6. The zero-order chi connectivity index (χ0) is 21.8. The summed E-state index contributed by atoms with van der Waals surface area (Å²) in [5.41, 5.74) is 1.25. The highest BCUT2D eigenvalue weighted by Gasteiger charge is 2.22. The summed E-state index contributed by atoms with van der Waals surface area (Å²) < 4.78 is 16.8. The summed E-state index contributed by atoms with van der Waals surface area (Å²) in [5.74, 6) is 0.936. The van der Waals surface area contributed by atoms with Gasteiger partial charge in [0.05, 0.1) is 11.5 Å². The molecule has 9 heteroatoms. The third-order valence-corrected chi connectivity index (χ3v) is 5.56. The Balaban J connectivity index is 1.58. The van der Waals surface area contributed by atoms with Crippen LogP contribution in [-0.2, 0) is 11.3 Å². The smallest absolute Gasteiger partial charge is 0.310 e. The molecule has 1 aliphatic heterocycles. The number of hydrogen-bond acceptors (Lipinski definition) is 7. The monoisotopic (exact) mass is 440 g/mol. The molecule has 160 valence electrons. The highest BCUT2D eigenvalue weighted by molar-refractivity contribution is 7.09. The van der Waals surface area contributed by atoms with Crippen LogP contribution in [0.4, 0.5) is 11.4 Å². The van der Waals surface area contributed by atoms with E-state index < -0.39 is 4.92 Å². The summed E-state index contributed by atoms with van der Waals surface area (Å²) in [6, 6.07) is 13.7. The van der Waals surface area contributed by atoms with Gasteiger partial charge in [0, 0.05) is 22.7 Å². The molecule has 0 saturated heterocycles. The minimum Gasteiger partial charge on any atom is -0.486 e. The lowest BCUT2D eigenvalue weighted by molar-refractivity contribution is -0.385. The average molecular weight is 440 g/mol. The second-order valence-electron chi connectivity index (χ2n) is 6.90. The van der Waals surface area contributed by atoms with E-state index in [0.29, 0.717) is 36.9 Å². The van der Waals surface area contributed by atoms with E-state index in [-0.39, 0.29) is 24.0 Å². The summed E-state index contributed by atoms with van der Waals surface area (Å²) in [5, 5.41) is 13.2. The number of hydrogen-bond donors (Lipinski definition) is 0. The van der Waals surface area contributed by atoms with Crippen LogP contribution in [0.1, 0.15) is 10.4 Å². The Kier molecular flexibility index (Phi) is 6.03. The number of carbonyl (C=O) groups excluding carboxylic acids is 1. The largest absolute Gasteiger partial charge is 0.486 e. The van der Waals surface area contributed by atoms with Crippen molar-refractivity contribution >= 4 is 28.6 Å². The number of rotatable bonds is 7. The van der Waals surface area contributed by atoms with Crippen molar-refractivity contribution in [1.29, 1.82) is 0 Å². The molecular formula is C22H20N2O6S. The minimum absolute atomic E-state index is 0.0663. The number of amides is 1. The Morgan fingerprint density at radius 1 is 1.16 bits per heavy atom. The van der Waals surface area contributed by atoms with E-state index in [1.165, 1.54) is 17.4 Å². The third-order valence-electron chi connectivity index (χ3n) is 4.70. The van der Waals surface area contributed by atoms with Crippen molar-refractivity contribution in [3.63, 3.8) is 0 Å². The van der Waals surface area contributed by atoms with Gasteiger partial charge >= 0.3 is 5.69 Å². The van der Waals surface area contributed by atoms with Gasteiger partial charge in [0.1, 0.15) is 13.2 Å². The Labute approximate surface area is 182 Å². The SMILES string of the molecule is Cc1ccc([N+](=O)[O-])c(OCC(=O)N(Cc2cccs2)c2ccc3c(c2)OCCO3)c1. The van der Waals surface area contributed by atoms with Crippen molar-refractivity contribution in [2.75, 3.05) is 24.7 Å². The van der Waals surface area contributed by atoms with Gasteiger partial charge in [-0.3, -0.25) is 14.9 Å². The second kappa shape index (κ2) is 9.05. The second-order valence-corrected chi connectivity index (χ2v) is 7.94. The van der Waals surface area contributed by atoms with Gasteiger partial charge in [0.2, 0.25) is 0 Å². The number of nitro groups is 1. The summed E-state index contributed by atoms with van der Waals surface area (Å²) >= 11 is 1.53. The Morgan fingerprint density at radius 3 is 2.71 bits per heavy atom. The van der Waals surface area contributed by atoms with Gasteiger partial charge in [-0.15, -0.1) is 11.3 Å². The average Bonchev–Trinajstić information content (AvgIpc) is 3.28. The molecule has 4 rings (SSSR count). The van der Waals surface area contributed by atoms with Crippen molar-refractivity contribution in [1.82, 2.24) is 0 Å². The number of thiophene rings is 1. The zero-order valence-electron chi connectivity index (χ0n) is 16.8. The summed E-state index contributed by atoms with van der Waals surface area (Å²) in [6.45, 7) is 2.72. The van der Waals surface area contributed by atoms with E-state index in [1.807, 2.05) is 17.5 Å². The first-order valence-corrected chi connectivity index (χ1v) is 10.5. The number of anilines is 1. The van der Waals surface area contributed by atoms with Gasteiger partial charge in [-0.25, -0.2) is 0 Å². The number of carbonyl (C=O) groups is 1. The predicted molar refractivity (Wildman–Crippen MR) is 116 cm³/mol. The molecule has 2 aromatic carbocycles. The summed E-state index contributed by atoms with van der Waals surface area (Å²) in [7, 11) is 0. The van der Waals surface area contributed by atoms with Gasteiger partial charge in [0.25, 0.3) is 5.91 Å². The molecule has 1 aromatic heterocycles. The van der Waals surface area contributed by atoms with E-state index in [1.54, 1.807) is 42.2 Å². The molecule has 0 bridgehead atoms. The molecule has 3 aromatic rings. The maximum Gasteiger partial charge on any atom is 0.310 e. The first kappa shape index (κ1) is 20.7. The number of fused-ring (bicyclic) bond motifs is 1. The molecule has 0 atom stereocenters. The van der Waals surface area contributed by atoms with Crippen molar-refractivity contribution in [2.24, 2.45) is 0 Å². The fourth-order valence-electron chi connectivity index (χ4n) is 3.19. The molecule has 0 unspecified atom stereocenters. The minimum atomic E-state index is -0.524. The lowest BCUT2D eigenvalue weighted by Gasteiger charge is -2.25. The van der Waals surface area contributed by atoms with Gasteiger partial charge in [0.15, 0.2) is 23.9 Å². The van der Waals surface area contributed by atoms with E-state index in [0.717, 1.165) is 10.4 Å². The lowest BCUT2D eigenvalue weighted by Crippen LogP contribution is -2.34. The van der Waals surface area contributed by atoms with Gasteiger partial charge in [-0.05, 0) is 42.1 Å². The van der Waals surface area contributed by atoms with Gasteiger partial charge < -0.3 is 19.1 Å². The fourth-order valence-corrected chi connectivity index (χ4v) is 3.88. The van der Waals surface area contributed by atoms with Crippen LogP contribution in [0.25, 0.3) is 0 Å². The highest BCUT2D eigenvalue weighted by Crippen LogP contribution is 2.35. The Morgan fingerprint density at radius 2 is 1.97 bits per heavy atom. The van der Waals surface area contributed by atoms with Crippen LogP contribution in [0, 0.1) is 17.0 Å². The first-order chi connectivity index (χ1) is 15.0. The maximum absolute atomic E-state index is 13.1. The molecule has 1 amide bonds. The van der Waals surface area contributed by atoms with E-state index in [9.17, 15) is 14.9 Å². The number of nitrogens with zero attached hydrogens (tertiary/aromatic N) is 2. The van der Waals surface area contributed by atoms with Gasteiger partial charge in [-0.1, -0.05) is 12.1 Å². The Bertz CT molecular complexity index is 1100. The highest BCUT2D eigenvalue weighted by atomic mass is 32.1. The molecular weight excluding hydrogens is 420 g/mol. The van der Waals surface area contributed by atoms with Crippen LogP contribution in [-0.4, -0.2) is 30.7 Å². The predicted octanol–water partition coefficient (Wildman–Crippen LogP) is 4.35. The standard InChI is InChI=1S/C22H20N2O6S/c1-15-4-6-18(24(26)27)20(11-15)30-14-22(25)23(13-17-3-2-10-31-17)16-5-7-19-21(12-16)29-9-8-28-19/h2-7,10-12H,8-9,13-14H2,1H3. The molecule has 0 spiro atoms. The van der Waals surface area contributed by atoms with Crippen LogP contribution in [0.5, 0.6) is 17.2 Å². The van der Waals surface area contributed by atoms with E-state index in [4.69, 9.17) is 14.2 Å². The van der Waals surface area contributed by atoms with Gasteiger partial charge in [-0.2, -0.15) is 0 Å². The molecule has 2 heterocycles. The van der Waals surface area contributed by atoms with Crippen LogP contribution >= 0.6 is 11.3 Å². The van der Waals surface area contributed by atoms with Crippen molar-refractivity contribution in [3.8, 4) is 17.2 Å². The van der Waals surface area contributed by atoms with Crippen LogP contribution in [0.3, 0.4) is 0 Å². The molecule has 31 heavy (non-hydrogen) atoms. The van der Waals surface area contributed by atoms with Crippen molar-refractivity contribution in [2.45, 2.75) is 13.5 Å². The van der Waals surface area contributed by atoms with E-state index >= 15 is 0 Å². The van der Waals surface area contributed by atoms with Crippen molar-refractivity contribution < 1.29 is 23.9 Å².